The molecule has 1 saturated carbocycles. The number of piperidine rings is 2. The maximum Gasteiger partial charge on any atom is 0.274 e. The van der Waals surface area contributed by atoms with E-state index in [0.29, 0.717) is 24.0 Å². The number of halogens is 1. The van der Waals surface area contributed by atoms with E-state index in [1.807, 2.05) is 42.2 Å². The monoisotopic (exact) mass is 422 g/mol. The molecule has 1 aromatic heterocycles. The highest BCUT2D eigenvalue weighted by atomic mass is 32.1. The second kappa shape index (κ2) is 7.84. The minimum absolute atomic E-state index is 0.0193. The topological polar surface area (TPSA) is 42.4 Å². The first-order valence-corrected chi connectivity index (χ1v) is 11.1. The molecule has 2 aromatic carbocycles. The summed E-state index contributed by atoms with van der Waals surface area (Å²) < 4.78 is 19.4. The van der Waals surface area contributed by atoms with Crippen molar-refractivity contribution in [2.75, 3.05) is 6.61 Å². The third-order valence-corrected chi connectivity index (χ3v) is 7.07. The molecule has 0 spiro atoms. The fraction of sp³-hybridized carbons (Fsp3) is 0.333. The summed E-state index contributed by atoms with van der Waals surface area (Å²) in [6.07, 6.45) is 3.01. The fourth-order valence-corrected chi connectivity index (χ4v) is 5.54. The molecule has 2 bridgehead atoms. The summed E-state index contributed by atoms with van der Waals surface area (Å²) in [4.78, 5) is 21.2. The van der Waals surface area contributed by atoms with Gasteiger partial charge >= 0.3 is 0 Å². The summed E-state index contributed by atoms with van der Waals surface area (Å²) in [6.45, 7) is 2.31. The number of fused-ring (bicyclic) bond motifs is 2. The Hall–Kier alpha value is -2.73. The standard InChI is InChI=1S/C24H23FN2O2S/c1-15-26-22(23(30-15)17-6-3-2-4-7-17)24(28)27-19-10-16(11-19)12-20(27)14-29-21-9-5-8-18(25)13-21/h2-9,13,16,19-20H,10-12,14H2,1H3. The summed E-state index contributed by atoms with van der Waals surface area (Å²) in [5.41, 5.74) is 1.55. The van der Waals surface area contributed by atoms with Crippen molar-refractivity contribution >= 4 is 17.2 Å². The van der Waals surface area contributed by atoms with E-state index in [1.54, 1.807) is 23.5 Å². The fourth-order valence-electron chi connectivity index (χ4n) is 4.63. The Labute approximate surface area is 179 Å². The van der Waals surface area contributed by atoms with Crippen LogP contribution in [0.4, 0.5) is 4.39 Å². The van der Waals surface area contributed by atoms with Crippen molar-refractivity contribution in [1.82, 2.24) is 9.88 Å². The minimum atomic E-state index is -0.322. The van der Waals surface area contributed by atoms with Crippen LogP contribution in [0.1, 0.15) is 34.8 Å². The van der Waals surface area contributed by atoms with Gasteiger partial charge in [-0.05, 0) is 49.8 Å². The van der Waals surface area contributed by atoms with Crippen molar-refractivity contribution in [2.24, 2.45) is 5.92 Å². The first-order valence-electron chi connectivity index (χ1n) is 10.3. The van der Waals surface area contributed by atoms with Gasteiger partial charge in [0.2, 0.25) is 0 Å². The number of hydrogen-bond acceptors (Lipinski definition) is 4. The van der Waals surface area contributed by atoms with Crippen molar-refractivity contribution in [1.29, 1.82) is 0 Å². The van der Waals surface area contributed by atoms with E-state index in [4.69, 9.17) is 4.74 Å². The van der Waals surface area contributed by atoms with Crippen molar-refractivity contribution in [3.63, 3.8) is 0 Å². The third-order valence-electron chi connectivity index (χ3n) is 6.05. The zero-order chi connectivity index (χ0) is 20.7. The van der Waals surface area contributed by atoms with E-state index in [1.165, 1.54) is 12.1 Å². The zero-order valence-corrected chi connectivity index (χ0v) is 17.6. The molecule has 0 N–H and O–H groups in total. The molecule has 1 unspecified atom stereocenters. The van der Waals surface area contributed by atoms with Crippen molar-refractivity contribution in [2.45, 2.75) is 38.3 Å². The van der Waals surface area contributed by atoms with Gasteiger partial charge in [-0.1, -0.05) is 36.4 Å². The minimum Gasteiger partial charge on any atom is -0.491 e. The molecule has 6 rings (SSSR count). The van der Waals surface area contributed by atoms with E-state index < -0.39 is 0 Å². The molecule has 154 valence electrons. The summed E-state index contributed by atoms with van der Waals surface area (Å²) in [5, 5.41) is 0.883. The van der Waals surface area contributed by atoms with Crippen LogP contribution in [0.5, 0.6) is 5.75 Å². The number of carbonyl (C=O) groups excluding carboxylic acids is 1. The van der Waals surface area contributed by atoms with Crippen molar-refractivity contribution < 1.29 is 13.9 Å². The number of carbonyl (C=O) groups is 1. The van der Waals surface area contributed by atoms with Gasteiger partial charge in [-0.3, -0.25) is 4.79 Å². The Morgan fingerprint density at radius 2 is 1.97 bits per heavy atom. The van der Waals surface area contributed by atoms with Crippen LogP contribution in [-0.4, -0.2) is 34.5 Å². The molecule has 3 aliphatic rings. The number of benzene rings is 2. The van der Waals surface area contributed by atoms with E-state index >= 15 is 0 Å². The summed E-state index contributed by atoms with van der Waals surface area (Å²) in [6, 6.07) is 16.3. The molecule has 6 heteroatoms. The van der Waals surface area contributed by atoms with E-state index in [2.05, 4.69) is 4.98 Å². The zero-order valence-electron chi connectivity index (χ0n) is 16.8. The van der Waals surface area contributed by atoms with Crippen LogP contribution in [0.3, 0.4) is 0 Å². The Bertz CT molecular complexity index is 1060. The van der Waals surface area contributed by atoms with E-state index in [-0.39, 0.29) is 23.8 Å². The quantitative estimate of drug-likeness (QED) is 0.558. The smallest absolute Gasteiger partial charge is 0.274 e. The summed E-state index contributed by atoms with van der Waals surface area (Å²) in [7, 11) is 0. The molecule has 30 heavy (non-hydrogen) atoms. The second-order valence-corrected chi connectivity index (χ2v) is 9.34. The maximum absolute atomic E-state index is 13.7. The highest BCUT2D eigenvalue weighted by molar-refractivity contribution is 7.15. The predicted octanol–water partition coefficient (Wildman–Crippen LogP) is 5.33. The third kappa shape index (κ3) is 3.60. The highest BCUT2D eigenvalue weighted by Crippen LogP contribution is 2.44. The number of nitrogens with zero attached hydrogens (tertiary/aromatic N) is 2. The SMILES string of the molecule is Cc1nc(C(=O)N2C(COc3cccc(F)c3)CC3CC2C3)c(-c2ccccc2)s1. The molecule has 3 fully saturated rings. The van der Waals surface area contributed by atoms with Crippen LogP contribution in [-0.2, 0) is 0 Å². The summed E-state index contributed by atoms with van der Waals surface area (Å²) in [5.74, 6) is 0.800. The van der Waals surface area contributed by atoms with Crippen molar-refractivity contribution in [3.05, 3.63) is 71.1 Å². The largest absolute Gasteiger partial charge is 0.491 e. The molecular formula is C24H23FN2O2S. The van der Waals surface area contributed by atoms with Gasteiger partial charge < -0.3 is 9.64 Å². The van der Waals surface area contributed by atoms with Crippen LogP contribution in [0.25, 0.3) is 10.4 Å². The Morgan fingerprint density at radius 1 is 1.17 bits per heavy atom. The Morgan fingerprint density at radius 3 is 2.73 bits per heavy atom. The van der Waals surface area contributed by atoms with Crippen LogP contribution in [0, 0.1) is 18.7 Å². The van der Waals surface area contributed by atoms with Gasteiger partial charge in [0.15, 0.2) is 0 Å². The number of hydrogen-bond donors (Lipinski definition) is 0. The maximum atomic E-state index is 13.7. The number of thiazole rings is 1. The average molecular weight is 423 g/mol. The molecule has 2 saturated heterocycles. The van der Waals surface area contributed by atoms with Gasteiger partial charge in [0.25, 0.3) is 5.91 Å². The lowest BCUT2D eigenvalue weighted by Crippen LogP contribution is -2.60. The highest BCUT2D eigenvalue weighted by Gasteiger charge is 2.47. The number of rotatable bonds is 5. The molecule has 2 aliphatic heterocycles. The number of amides is 1. The predicted molar refractivity (Wildman–Crippen MR) is 115 cm³/mol. The van der Waals surface area contributed by atoms with Gasteiger partial charge in [0.05, 0.1) is 15.9 Å². The number of aryl methyl sites for hydroxylation is 1. The second-order valence-electron chi connectivity index (χ2n) is 8.14. The van der Waals surface area contributed by atoms with Crippen LogP contribution in [0.15, 0.2) is 54.6 Å². The molecule has 4 nitrogen and oxygen atoms in total. The van der Waals surface area contributed by atoms with Gasteiger partial charge in [0.1, 0.15) is 23.9 Å². The lowest BCUT2D eigenvalue weighted by atomic mass is 9.70. The Kier molecular flexibility index (Phi) is 5.03. The molecule has 1 atom stereocenters. The first kappa shape index (κ1) is 19.2. The number of aromatic nitrogens is 1. The van der Waals surface area contributed by atoms with Crippen LogP contribution in [0.2, 0.25) is 0 Å². The first-order chi connectivity index (χ1) is 14.6. The van der Waals surface area contributed by atoms with Gasteiger partial charge in [-0.15, -0.1) is 11.3 Å². The molecule has 3 aromatic rings. The average Bonchev–Trinajstić information content (AvgIpc) is 3.13. The van der Waals surface area contributed by atoms with Gasteiger partial charge in [-0.25, -0.2) is 9.37 Å². The Balaban J connectivity index is 1.41. The van der Waals surface area contributed by atoms with Gasteiger partial charge in [-0.2, -0.15) is 0 Å². The summed E-state index contributed by atoms with van der Waals surface area (Å²) >= 11 is 1.56. The lowest BCUT2D eigenvalue weighted by Gasteiger charge is -2.53. The van der Waals surface area contributed by atoms with Crippen molar-refractivity contribution in [3.8, 4) is 16.2 Å². The van der Waals surface area contributed by atoms with Crippen LogP contribution >= 0.6 is 11.3 Å². The van der Waals surface area contributed by atoms with Gasteiger partial charge in [0, 0.05) is 12.1 Å². The molecular weight excluding hydrogens is 399 g/mol. The lowest BCUT2D eigenvalue weighted by molar-refractivity contribution is -0.0309. The van der Waals surface area contributed by atoms with E-state index in [9.17, 15) is 9.18 Å². The molecule has 0 radical (unpaired) electrons. The van der Waals surface area contributed by atoms with E-state index in [0.717, 1.165) is 34.7 Å². The number of ether oxygens (including phenoxy) is 1. The molecule has 1 aliphatic carbocycles. The normalized spacial score (nSPS) is 22.5. The van der Waals surface area contributed by atoms with Crippen LogP contribution < -0.4 is 4.74 Å². The molecule has 3 heterocycles. The molecule has 1 amide bonds.